The number of halogens is 3. The molecule has 1 radical (unpaired) electrons. The lowest BCUT2D eigenvalue weighted by Gasteiger charge is -2.31. The fourth-order valence-corrected chi connectivity index (χ4v) is 4.57. The number of amides is 1. The number of carbonyl (C=O) groups is 1. The predicted octanol–water partition coefficient (Wildman–Crippen LogP) is 4.54. The molecule has 0 aliphatic carbocycles. The van der Waals surface area contributed by atoms with Gasteiger partial charge in [-0.25, -0.2) is 4.98 Å². The minimum absolute atomic E-state index is 0.182. The number of hydrogen-bond donors (Lipinski definition) is 0. The van der Waals surface area contributed by atoms with Crippen molar-refractivity contribution in [3.63, 3.8) is 0 Å². The summed E-state index contributed by atoms with van der Waals surface area (Å²) in [5.41, 5.74) is 1.31. The summed E-state index contributed by atoms with van der Waals surface area (Å²) in [6, 6.07) is 11.7. The van der Waals surface area contributed by atoms with Gasteiger partial charge in [-0.15, -0.1) is 11.3 Å². The molecule has 0 spiro atoms. The molecule has 9 heteroatoms. The van der Waals surface area contributed by atoms with Crippen molar-refractivity contribution in [1.29, 1.82) is 0 Å². The van der Waals surface area contributed by atoms with E-state index >= 15 is 0 Å². The number of likely N-dealkylation sites (tertiary alicyclic amines) is 1. The minimum Gasteiger partial charge on any atom is -0.341 e. The first-order valence-electron chi connectivity index (χ1n) is 9.62. The lowest BCUT2D eigenvalue weighted by Crippen LogP contribution is -2.40. The number of nitrogens with zero attached hydrogens (tertiary/aromatic N) is 4. The maximum absolute atomic E-state index is 12.8. The van der Waals surface area contributed by atoms with Crippen LogP contribution in [0, 0.1) is 13.0 Å². The highest BCUT2D eigenvalue weighted by Crippen LogP contribution is 2.33. The fraction of sp³-hybridized carbons (Fsp3) is 0.381. The van der Waals surface area contributed by atoms with Crippen LogP contribution in [0.1, 0.15) is 35.2 Å². The van der Waals surface area contributed by atoms with Crippen molar-refractivity contribution in [2.24, 2.45) is 0 Å². The second-order valence-corrected chi connectivity index (χ2v) is 8.23. The molecular formula is C21H20F3N4OS. The summed E-state index contributed by atoms with van der Waals surface area (Å²) in [5, 5.41) is 6.63. The Bertz CT molecular complexity index is 1020. The fourth-order valence-electron chi connectivity index (χ4n) is 3.57. The topological polar surface area (TPSA) is 51.0 Å². The van der Waals surface area contributed by atoms with Crippen molar-refractivity contribution < 1.29 is 18.0 Å². The largest absolute Gasteiger partial charge is 0.435 e. The average Bonchev–Trinajstić information content (AvgIpc) is 3.36. The van der Waals surface area contributed by atoms with E-state index in [1.807, 2.05) is 29.6 Å². The van der Waals surface area contributed by atoms with Crippen LogP contribution >= 0.6 is 11.3 Å². The third-order valence-corrected chi connectivity index (χ3v) is 6.29. The molecule has 1 aromatic carbocycles. The van der Waals surface area contributed by atoms with Gasteiger partial charge in [0.25, 0.3) is 0 Å². The molecule has 2 aromatic heterocycles. The molecule has 1 amide bonds. The molecule has 4 rings (SSSR count). The lowest BCUT2D eigenvalue weighted by atomic mass is 9.97. The Morgan fingerprint density at radius 1 is 1.33 bits per heavy atom. The maximum atomic E-state index is 12.8. The van der Waals surface area contributed by atoms with Gasteiger partial charge >= 0.3 is 6.18 Å². The monoisotopic (exact) mass is 433 g/mol. The molecule has 0 N–H and O–H groups in total. The number of aryl methyl sites for hydroxylation is 1. The number of carbonyl (C=O) groups excluding carboxylic acids is 1. The van der Waals surface area contributed by atoms with E-state index in [4.69, 9.17) is 4.98 Å². The molecule has 1 fully saturated rings. The summed E-state index contributed by atoms with van der Waals surface area (Å²) in [4.78, 5) is 19.0. The van der Waals surface area contributed by atoms with E-state index in [0.717, 1.165) is 39.9 Å². The maximum Gasteiger partial charge on any atom is 0.435 e. The van der Waals surface area contributed by atoms with E-state index in [2.05, 4.69) is 11.2 Å². The Morgan fingerprint density at radius 3 is 2.73 bits per heavy atom. The molecule has 0 atom stereocenters. The Kier molecular flexibility index (Phi) is 5.64. The molecule has 0 saturated carbocycles. The van der Waals surface area contributed by atoms with Crippen molar-refractivity contribution in [3.8, 4) is 11.3 Å². The quantitative estimate of drug-likeness (QED) is 0.607. The molecule has 30 heavy (non-hydrogen) atoms. The first kappa shape index (κ1) is 20.6. The van der Waals surface area contributed by atoms with Crippen LogP contribution in [0.2, 0.25) is 0 Å². The lowest BCUT2D eigenvalue weighted by molar-refractivity contribution is -0.142. The number of piperidine rings is 1. The number of thiazole rings is 1. The van der Waals surface area contributed by atoms with Crippen molar-refractivity contribution in [3.05, 3.63) is 58.2 Å². The molecule has 1 saturated heterocycles. The summed E-state index contributed by atoms with van der Waals surface area (Å²) in [5.74, 6) is 0.0665. The zero-order valence-electron chi connectivity index (χ0n) is 16.3. The van der Waals surface area contributed by atoms with Gasteiger partial charge in [0.05, 0.1) is 10.7 Å². The van der Waals surface area contributed by atoms with Gasteiger partial charge < -0.3 is 4.90 Å². The van der Waals surface area contributed by atoms with E-state index in [-0.39, 0.29) is 18.4 Å². The average molecular weight is 433 g/mol. The molecule has 3 aromatic rings. The third-order valence-electron chi connectivity index (χ3n) is 5.28. The number of hydrogen-bond acceptors (Lipinski definition) is 4. The molecule has 0 bridgehead atoms. The smallest absolute Gasteiger partial charge is 0.341 e. The van der Waals surface area contributed by atoms with Crippen molar-refractivity contribution in [2.45, 2.75) is 38.4 Å². The Morgan fingerprint density at radius 2 is 2.10 bits per heavy atom. The Labute approximate surface area is 176 Å². The van der Waals surface area contributed by atoms with Crippen LogP contribution in [0.25, 0.3) is 11.3 Å². The van der Waals surface area contributed by atoms with Crippen molar-refractivity contribution in [2.75, 3.05) is 13.1 Å². The van der Waals surface area contributed by atoms with Crippen molar-refractivity contribution >= 4 is 17.2 Å². The van der Waals surface area contributed by atoms with Gasteiger partial charge in [0.15, 0.2) is 5.69 Å². The molecular weight excluding hydrogens is 413 g/mol. The molecule has 0 unspecified atom stereocenters. The third kappa shape index (κ3) is 4.40. The summed E-state index contributed by atoms with van der Waals surface area (Å²) in [7, 11) is 0. The summed E-state index contributed by atoms with van der Waals surface area (Å²) in [6.45, 7) is 2.46. The van der Waals surface area contributed by atoms with Crippen LogP contribution in [0.4, 0.5) is 13.2 Å². The highest BCUT2D eigenvalue weighted by molar-refractivity contribution is 7.10. The minimum atomic E-state index is -4.51. The van der Waals surface area contributed by atoms with Crippen LogP contribution in [0.15, 0.2) is 35.7 Å². The van der Waals surface area contributed by atoms with Crippen LogP contribution in [0.3, 0.4) is 0 Å². The van der Waals surface area contributed by atoms with Crippen LogP contribution in [-0.2, 0) is 17.5 Å². The van der Waals surface area contributed by atoms with E-state index in [0.29, 0.717) is 18.8 Å². The van der Waals surface area contributed by atoms with E-state index in [1.54, 1.807) is 16.2 Å². The molecule has 157 valence electrons. The Hall–Kier alpha value is -2.68. The normalized spacial score (nSPS) is 15.5. The first-order chi connectivity index (χ1) is 14.3. The second-order valence-electron chi connectivity index (χ2n) is 7.34. The molecule has 1 aliphatic rings. The van der Waals surface area contributed by atoms with E-state index in [1.165, 1.54) is 6.92 Å². The number of alkyl halides is 3. The van der Waals surface area contributed by atoms with Gasteiger partial charge in [-0.05, 0) is 38.0 Å². The van der Waals surface area contributed by atoms with Crippen molar-refractivity contribution in [1.82, 2.24) is 19.7 Å². The van der Waals surface area contributed by atoms with E-state index in [9.17, 15) is 18.0 Å². The van der Waals surface area contributed by atoms with Gasteiger partial charge in [0, 0.05) is 35.6 Å². The Balaban J connectivity index is 1.35. The summed E-state index contributed by atoms with van der Waals surface area (Å²) in [6.07, 6.45) is -2.95. The SMILES string of the molecule is Cc1cc(C(F)(F)F)nn1CC(=O)N1CCC(c2nc(-c3c[c]ccc3)cs2)CC1. The zero-order chi connectivity index (χ0) is 21.3. The van der Waals surface area contributed by atoms with Gasteiger partial charge in [-0.1, -0.05) is 18.2 Å². The number of benzene rings is 1. The highest BCUT2D eigenvalue weighted by Gasteiger charge is 2.35. The van der Waals surface area contributed by atoms with Gasteiger partial charge in [-0.2, -0.15) is 18.3 Å². The standard InChI is InChI=1S/C21H20F3N4OS/c1-14-11-18(21(22,23)24)26-28(14)12-19(29)27-9-7-16(8-10-27)20-25-17(13-30-20)15-5-3-2-4-6-15/h2-3,5-6,11,13,16H,7-10,12H2,1H3. The van der Waals surface area contributed by atoms with E-state index < -0.39 is 11.9 Å². The summed E-state index contributed by atoms with van der Waals surface area (Å²) >= 11 is 1.62. The molecule has 1 aliphatic heterocycles. The number of aromatic nitrogens is 3. The van der Waals surface area contributed by atoms with Crippen LogP contribution in [0.5, 0.6) is 0 Å². The van der Waals surface area contributed by atoms with Gasteiger partial charge in [-0.3, -0.25) is 9.48 Å². The molecule has 3 heterocycles. The summed E-state index contributed by atoms with van der Waals surface area (Å²) < 4.78 is 39.6. The zero-order valence-corrected chi connectivity index (χ0v) is 17.1. The predicted molar refractivity (Wildman–Crippen MR) is 107 cm³/mol. The van der Waals surface area contributed by atoms with Crippen LogP contribution < -0.4 is 0 Å². The first-order valence-corrected chi connectivity index (χ1v) is 10.5. The van der Waals surface area contributed by atoms with Gasteiger partial charge in [0.2, 0.25) is 5.91 Å². The van der Waals surface area contributed by atoms with Gasteiger partial charge in [0.1, 0.15) is 6.54 Å². The second kappa shape index (κ2) is 8.22. The van der Waals surface area contributed by atoms with Crippen LogP contribution in [-0.4, -0.2) is 38.7 Å². The number of rotatable bonds is 4. The highest BCUT2D eigenvalue weighted by atomic mass is 32.1. The molecule has 5 nitrogen and oxygen atoms in total.